The maximum Gasteiger partial charge on any atom is 0.348 e. The van der Waals surface area contributed by atoms with E-state index < -0.39 is 0 Å². The van der Waals surface area contributed by atoms with E-state index in [0.29, 0.717) is 41.8 Å². The number of fused-ring (bicyclic) bond motifs is 3. The quantitative estimate of drug-likeness (QED) is 0.685. The Morgan fingerprint density at radius 3 is 2.55 bits per heavy atom. The Morgan fingerprint density at radius 2 is 1.77 bits per heavy atom. The second-order valence-corrected chi connectivity index (χ2v) is 7.76. The van der Waals surface area contributed by atoms with Gasteiger partial charge in [-0.3, -0.25) is 4.57 Å². The summed E-state index contributed by atoms with van der Waals surface area (Å²) in [5.74, 6) is 2.55. The summed E-state index contributed by atoms with van der Waals surface area (Å²) in [5, 5.41) is 4.11. The zero-order valence-corrected chi connectivity index (χ0v) is 16.9. The van der Waals surface area contributed by atoms with Crippen LogP contribution >= 0.6 is 0 Å². The molecule has 0 aliphatic carbocycles. The number of morpholine rings is 1. The van der Waals surface area contributed by atoms with Crippen molar-refractivity contribution in [2.45, 2.75) is 19.1 Å². The van der Waals surface area contributed by atoms with Crippen LogP contribution in [0.2, 0.25) is 0 Å². The Bertz CT molecular complexity index is 1230. The topological polar surface area (TPSA) is 93.1 Å². The van der Waals surface area contributed by atoms with E-state index in [1.165, 1.54) is 0 Å². The highest BCUT2D eigenvalue weighted by Gasteiger charge is 2.28. The first kappa shape index (κ1) is 18.5. The predicted octanol–water partition coefficient (Wildman–Crippen LogP) is 2.07. The first-order valence-electron chi connectivity index (χ1n) is 10.3. The Balaban J connectivity index is 1.57. The third kappa shape index (κ3) is 3.00. The van der Waals surface area contributed by atoms with Crippen molar-refractivity contribution in [3.63, 3.8) is 0 Å². The van der Waals surface area contributed by atoms with Crippen molar-refractivity contribution in [1.82, 2.24) is 14.9 Å². The van der Waals surface area contributed by atoms with Crippen molar-refractivity contribution in [2.24, 2.45) is 0 Å². The highest BCUT2D eigenvalue weighted by molar-refractivity contribution is 5.95. The number of hydrogen-bond donors (Lipinski definition) is 1. The summed E-state index contributed by atoms with van der Waals surface area (Å²) in [7, 11) is 0. The summed E-state index contributed by atoms with van der Waals surface area (Å²) >= 11 is 0. The lowest BCUT2D eigenvalue weighted by molar-refractivity contribution is -0.000422. The Labute approximate surface area is 177 Å². The fourth-order valence-electron chi connectivity index (χ4n) is 4.35. The number of ether oxygens (including phenoxy) is 5. The molecule has 1 saturated heterocycles. The molecule has 3 aliphatic rings. The van der Waals surface area contributed by atoms with Gasteiger partial charge in [0.15, 0.2) is 23.0 Å². The van der Waals surface area contributed by atoms with Gasteiger partial charge in [0, 0.05) is 30.1 Å². The molecule has 1 N–H and O–H groups in total. The molecule has 3 aliphatic heterocycles. The van der Waals surface area contributed by atoms with Crippen molar-refractivity contribution >= 4 is 10.9 Å². The molecule has 2 aromatic carbocycles. The van der Waals surface area contributed by atoms with Crippen LogP contribution in [0.15, 0.2) is 35.1 Å². The molecule has 4 heterocycles. The van der Waals surface area contributed by atoms with Gasteiger partial charge < -0.3 is 29.0 Å². The predicted molar refractivity (Wildman–Crippen MR) is 111 cm³/mol. The molecule has 0 spiro atoms. The van der Waals surface area contributed by atoms with Crippen LogP contribution < -0.4 is 30.0 Å². The number of aromatic nitrogens is 2. The number of rotatable bonds is 3. The van der Waals surface area contributed by atoms with E-state index in [9.17, 15) is 4.79 Å². The zero-order valence-electron chi connectivity index (χ0n) is 16.9. The van der Waals surface area contributed by atoms with E-state index in [2.05, 4.69) is 10.3 Å². The fraction of sp³-hybridized carbons (Fsp3) is 0.364. The van der Waals surface area contributed by atoms with Crippen LogP contribution in [0.5, 0.6) is 23.0 Å². The highest BCUT2D eigenvalue weighted by Crippen LogP contribution is 2.41. The van der Waals surface area contributed by atoms with Crippen molar-refractivity contribution < 1.29 is 23.7 Å². The molecule has 9 heteroatoms. The van der Waals surface area contributed by atoms with Crippen LogP contribution in [0.4, 0.5) is 0 Å². The van der Waals surface area contributed by atoms with E-state index in [1.807, 2.05) is 37.3 Å². The van der Waals surface area contributed by atoms with Gasteiger partial charge in [-0.2, -0.15) is 4.98 Å². The summed E-state index contributed by atoms with van der Waals surface area (Å²) in [6.45, 7) is 4.39. The first-order chi connectivity index (χ1) is 15.2. The van der Waals surface area contributed by atoms with Gasteiger partial charge in [0.2, 0.25) is 13.6 Å². The van der Waals surface area contributed by atoms with Gasteiger partial charge >= 0.3 is 5.69 Å². The smallest absolute Gasteiger partial charge is 0.348 e. The maximum atomic E-state index is 13.3. The minimum Gasteiger partial charge on any atom is -0.454 e. The van der Waals surface area contributed by atoms with Gasteiger partial charge in [0.05, 0.1) is 30.0 Å². The minimum atomic E-state index is -0.347. The standard InChI is InChI=1S/C22H21N3O6/c1-12(20-9-23-4-5-27-20)25-15-8-19-18(30-11-31-19)7-14(15)21(24-22(25)26)13-2-3-16-17(6-13)29-10-28-16/h2-3,6-8,12,20,23H,4-5,9-11H2,1H3. The van der Waals surface area contributed by atoms with Crippen molar-refractivity contribution in [2.75, 3.05) is 33.3 Å². The van der Waals surface area contributed by atoms with Crippen LogP contribution in [-0.4, -0.2) is 48.9 Å². The average Bonchev–Trinajstić information content (AvgIpc) is 3.46. The molecule has 2 atom stereocenters. The van der Waals surface area contributed by atoms with Gasteiger partial charge in [0.25, 0.3) is 0 Å². The third-order valence-corrected chi connectivity index (χ3v) is 5.97. The number of hydrogen-bond acceptors (Lipinski definition) is 8. The lowest BCUT2D eigenvalue weighted by Crippen LogP contribution is -2.45. The molecule has 3 aromatic rings. The first-order valence-corrected chi connectivity index (χ1v) is 10.3. The van der Waals surface area contributed by atoms with E-state index in [1.54, 1.807) is 4.57 Å². The van der Waals surface area contributed by atoms with Crippen LogP contribution in [0.3, 0.4) is 0 Å². The van der Waals surface area contributed by atoms with Gasteiger partial charge in [-0.25, -0.2) is 4.79 Å². The van der Waals surface area contributed by atoms with Gasteiger partial charge in [0.1, 0.15) is 0 Å². The van der Waals surface area contributed by atoms with Gasteiger partial charge in [-0.05, 0) is 31.2 Å². The second-order valence-electron chi connectivity index (χ2n) is 7.76. The molecule has 160 valence electrons. The lowest BCUT2D eigenvalue weighted by Gasteiger charge is -2.30. The maximum absolute atomic E-state index is 13.3. The van der Waals surface area contributed by atoms with Crippen LogP contribution in [0, 0.1) is 0 Å². The number of nitrogens with zero attached hydrogens (tertiary/aromatic N) is 2. The average molecular weight is 423 g/mol. The van der Waals surface area contributed by atoms with Crippen molar-refractivity contribution in [3.05, 3.63) is 40.8 Å². The van der Waals surface area contributed by atoms with E-state index in [4.69, 9.17) is 23.7 Å². The Kier molecular flexibility index (Phi) is 4.25. The van der Waals surface area contributed by atoms with Gasteiger partial charge in [-0.15, -0.1) is 0 Å². The summed E-state index contributed by atoms with van der Waals surface area (Å²) in [6.07, 6.45) is -0.140. The lowest BCUT2D eigenvalue weighted by atomic mass is 10.0. The number of nitrogens with one attached hydrogen (secondary N) is 1. The SMILES string of the molecule is CC(C1CNCCO1)n1c(=O)nc(-c2ccc3c(c2)OCO3)c2cc3c(cc21)OCO3. The van der Waals surface area contributed by atoms with Gasteiger partial charge in [-0.1, -0.05) is 0 Å². The molecule has 0 saturated carbocycles. The fourth-order valence-corrected chi connectivity index (χ4v) is 4.35. The Morgan fingerprint density at radius 1 is 1.03 bits per heavy atom. The zero-order chi connectivity index (χ0) is 20.9. The monoisotopic (exact) mass is 423 g/mol. The molecular formula is C22H21N3O6. The third-order valence-electron chi connectivity index (χ3n) is 5.97. The molecule has 0 bridgehead atoms. The Hall–Kier alpha value is -3.30. The molecule has 31 heavy (non-hydrogen) atoms. The number of benzene rings is 2. The van der Waals surface area contributed by atoms with E-state index in [0.717, 1.165) is 23.0 Å². The van der Waals surface area contributed by atoms with E-state index >= 15 is 0 Å². The van der Waals surface area contributed by atoms with E-state index in [-0.39, 0.29) is 31.4 Å². The summed E-state index contributed by atoms with van der Waals surface area (Å²) in [4.78, 5) is 17.8. The normalized spacial score (nSPS) is 20.2. The van der Waals surface area contributed by atoms with Crippen LogP contribution in [0.1, 0.15) is 13.0 Å². The summed E-state index contributed by atoms with van der Waals surface area (Å²) < 4.78 is 29.7. The molecule has 1 fully saturated rings. The molecule has 0 radical (unpaired) electrons. The highest BCUT2D eigenvalue weighted by atomic mass is 16.7. The van der Waals surface area contributed by atoms with Crippen LogP contribution in [0.25, 0.3) is 22.2 Å². The summed E-state index contributed by atoms with van der Waals surface area (Å²) in [6, 6.07) is 9.06. The summed E-state index contributed by atoms with van der Waals surface area (Å²) in [5.41, 5.74) is 1.70. The van der Waals surface area contributed by atoms with Crippen LogP contribution in [-0.2, 0) is 4.74 Å². The minimum absolute atomic E-state index is 0.140. The van der Waals surface area contributed by atoms with Crippen molar-refractivity contribution in [1.29, 1.82) is 0 Å². The second kappa shape index (κ2) is 7.14. The largest absolute Gasteiger partial charge is 0.454 e. The molecule has 9 nitrogen and oxygen atoms in total. The molecule has 6 rings (SSSR count). The molecule has 1 aromatic heterocycles. The molecule has 2 unspecified atom stereocenters. The molecule has 0 amide bonds. The van der Waals surface area contributed by atoms with Crippen molar-refractivity contribution in [3.8, 4) is 34.3 Å². The molecular weight excluding hydrogens is 402 g/mol.